The van der Waals surface area contributed by atoms with E-state index >= 15 is 0 Å². The van der Waals surface area contributed by atoms with Gasteiger partial charge in [-0.3, -0.25) is 0 Å². The van der Waals surface area contributed by atoms with Crippen LogP contribution in [0.5, 0.6) is 0 Å². The first-order valence-electron chi connectivity index (χ1n) is 4.94. The lowest BCUT2D eigenvalue weighted by Crippen LogP contribution is -2.20. The third-order valence-electron chi connectivity index (χ3n) is 2.20. The van der Waals surface area contributed by atoms with Gasteiger partial charge in [-0.1, -0.05) is 30.3 Å². The molecule has 0 atom stereocenters. The van der Waals surface area contributed by atoms with E-state index in [0.717, 1.165) is 12.1 Å². The summed E-state index contributed by atoms with van der Waals surface area (Å²) in [4.78, 5) is 7.12. The van der Waals surface area contributed by atoms with Crippen molar-refractivity contribution >= 4 is 6.02 Å². The van der Waals surface area contributed by atoms with Crippen molar-refractivity contribution in [2.24, 2.45) is 5.16 Å². The zero-order valence-electron chi connectivity index (χ0n) is 8.72. The molecule has 1 heterocycles. The van der Waals surface area contributed by atoms with Crippen molar-refractivity contribution in [1.82, 2.24) is 4.90 Å². The number of rotatable bonds is 3. The number of benzene rings is 1. The van der Waals surface area contributed by atoms with Crippen molar-refractivity contribution < 1.29 is 9.57 Å². The van der Waals surface area contributed by atoms with Crippen LogP contribution in [0.2, 0.25) is 0 Å². The monoisotopic (exact) mass is 206 g/mol. The molecule has 1 aliphatic heterocycles. The summed E-state index contributed by atoms with van der Waals surface area (Å²) in [6, 6.07) is 10.5. The molecule has 4 heteroatoms. The molecular formula is C11H14N2O2. The van der Waals surface area contributed by atoms with Gasteiger partial charge in [0.1, 0.15) is 13.2 Å². The highest BCUT2D eigenvalue weighted by molar-refractivity contribution is 5.74. The average molecular weight is 206 g/mol. The van der Waals surface area contributed by atoms with E-state index in [1.54, 1.807) is 0 Å². The zero-order chi connectivity index (χ0) is 10.5. The molecule has 1 aromatic carbocycles. The summed E-state index contributed by atoms with van der Waals surface area (Å²) in [5, 5.41) is 3.92. The van der Waals surface area contributed by atoms with Crippen LogP contribution in [0.1, 0.15) is 5.56 Å². The largest absolute Gasteiger partial charge is 0.461 e. The van der Waals surface area contributed by atoms with Crippen LogP contribution in [0.4, 0.5) is 0 Å². The van der Waals surface area contributed by atoms with Crippen molar-refractivity contribution in [3.05, 3.63) is 35.9 Å². The van der Waals surface area contributed by atoms with Crippen LogP contribution in [-0.4, -0.2) is 31.1 Å². The Morgan fingerprint density at radius 1 is 1.40 bits per heavy atom. The molecule has 1 aliphatic rings. The van der Waals surface area contributed by atoms with Crippen molar-refractivity contribution in [2.45, 2.75) is 6.61 Å². The lowest BCUT2D eigenvalue weighted by Gasteiger charge is -2.07. The fourth-order valence-corrected chi connectivity index (χ4v) is 1.31. The maximum absolute atomic E-state index is 5.25. The molecule has 0 N–H and O–H groups in total. The van der Waals surface area contributed by atoms with E-state index in [1.165, 1.54) is 0 Å². The molecule has 0 radical (unpaired) electrons. The molecule has 0 bridgehead atoms. The molecular weight excluding hydrogens is 192 g/mol. The van der Waals surface area contributed by atoms with Crippen LogP contribution in [0.25, 0.3) is 0 Å². The minimum Gasteiger partial charge on any atom is -0.461 e. The number of ether oxygens (including phenoxy) is 1. The van der Waals surface area contributed by atoms with Crippen LogP contribution in [-0.2, 0) is 16.2 Å². The summed E-state index contributed by atoms with van der Waals surface area (Å²) in [7, 11) is 1.93. The second-order valence-corrected chi connectivity index (χ2v) is 3.40. The highest BCUT2D eigenvalue weighted by Gasteiger charge is 2.15. The van der Waals surface area contributed by atoms with E-state index in [9.17, 15) is 0 Å². The normalized spacial score (nSPS) is 17.9. The Hall–Kier alpha value is -1.71. The lowest BCUT2D eigenvalue weighted by molar-refractivity contribution is 0.118. The smallest absolute Gasteiger partial charge is 0.326 e. The fraction of sp³-hybridized carbons (Fsp3) is 0.364. The summed E-state index contributed by atoms with van der Waals surface area (Å²) < 4.78 is 5.25. The van der Waals surface area contributed by atoms with Crippen LogP contribution < -0.4 is 0 Å². The van der Waals surface area contributed by atoms with Gasteiger partial charge in [-0.2, -0.15) is 0 Å². The van der Waals surface area contributed by atoms with Crippen LogP contribution in [0, 0.1) is 0 Å². The standard InChI is InChI=1S/C11H14N2O2/c1-13-7-8-14-11(13)12-15-9-10-5-3-2-4-6-10/h2-6H,7-9H2,1H3/b12-11+. The van der Waals surface area contributed by atoms with Crippen LogP contribution in [0.15, 0.2) is 35.5 Å². The van der Waals surface area contributed by atoms with E-state index in [1.807, 2.05) is 42.3 Å². The topological polar surface area (TPSA) is 34.1 Å². The molecule has 1 fully saturated rings. The zero-order valence-corrected chi connectivity index (χ0v) is 8.72. The van der Waals surface area contributed by atoms with E-state index in [2.05, 4.69) is 5.16 Å². The van der Waals surface area contributed by atoms with Crippen molar-refractivity contribution in [2.75, 3.05) is 20.2 Å². The highest BCUT2D eigenvalue weighted by Crippen LogP contribution is 2.04. The lowest BCUT2D eigenvalue weighted by atomic mass is 10.2. The summed E-state index contributed by atoms with van der Waals surface area (Å²) in [5.41, 5.74) is 1.10. The molecule has 0 aromatic heterocycles. The molecule has 1 aromatic rings. The van der Waals surface area contributed by atoms with E-state index in [-0.39, 0.29) is 0 Å². The Kier molecular flexibility index (Phi) is 3.07. The van der Waals surface area contributed by atoms with Gasteiger partial charge in [-0.15, -0.1) is 0 Å². The van der Waals surface area contributed by atoms with Crippen molar-refractivity contribution in [1.29, 1.82) is 0 Å². The first-order valence-corrected chi connectivity index (χ1v) is 4.94. The summed E-state index contributed by atoms with van der Waals surface area (Å²) in [5.74, 6) is 0. The fourth-order valence-electron chi connectivity index (χ4n) is 1.31. The number of hydrogen-bond donors (Lipinski definition) is 0. The average Bonchev–Trinajstić information content (AvgIpc) is 2.66. The van der Waals surface area contributed by atoms with Crippen LogP contribution >= 0.6 is 0 Å². The summed E-state index contributed by atoms with van der Waals surface area (Å²) in [6.45, 7) is 2.03. The van der Waals surface area contributed by atoms with Gasteiger partial charge in [0, 0.05) is 7.05 Å². The molecule has 0 amide bonds. The Labute approximate surface area is 89.1 Å². The quantitative estimate of drug-likeness (QED) is 0.702. The minimum absolute atomic E-state index is 0.474. The van der Waals surface area contributed by atoms with E-state index < -0.39 is 0 Å². The third kappa shape index (κ3) is 2.62. The summed E-state index contributed by atoms with van der Waals surface area (Å²) in [6.07, 6.45) is 0. The van der Waals surface area contributed by atoms with Gasteiger partial charge in [-0.25, -0.2) is 0 Å². The van der Waals surface area contributed by atoms with Crippen LogP contribution in [0.3, 0.4) is 0 Å². The molecule has 4 nitrogen and oxygen atoms in total. The van der Waals surface area contributed by atoms with Gasteiger partial charge < -0.3 is 14.5 Å². The summed E-state index contributed by atoms with van der Waals surface area (Å²) >= 11 is 0. The Balaban J connectivity index is 1.84. The SMILES string of the molecule is CN1CCO/C1=N/OCc1ccccc1. The van der Waals surface area contributed by atoms with Gasteiger partial charge in [-0.05, 0) is 10.7 Å². The van der Waals surface area contributed by atoms with E-state index in [0.29, 0.717) is 19.2 Å². The number of amidine groups is 1. The van der Waals surface area contributed by atoms with Gasteiger partial charge in [0.05, 0.1) is 6.54 Å². The van der Waals surface area contributed by atoms with Gasteiger partial charge in [0.25, 0.3) is 0 Å². The maximum Gasteiger partial charge on any atom is 0.326 e. The molecule has 0 unspecified atom stereocenters. The molecule has 0 spiro atoms. The highest BCUT2D eigenvalue weighted by atomic mass is 16.7. The van der Waals surface area contributed by atoms with Gasteiger partial charge in [0.2, 0.25) is 0 Å². The third-order valence-corrected chi connectivity index (χ3v) is 2.20. The van der Waals surface area contributed by atoms with Crippen molar-refractivity contribution in [3.63, 3.8) is 0 Å². The maximum atomic E-state index is 5.25. The number of hydrogen-bond acceptors (Lipinski definition) is 3. The first-order chi connectivity index (χ1) is 7.36. The number of nitrogens with zero attached hydrogens (tertiary/aromatic N) is 2. The molecule has 15 heavy (non-hydrogen) atoms. The molecule has 2 rings (SSSR count). The number of oxime groups is 1. The van der Waals surface area contributed by atoms with Gasteiger partial charge >= 0.3 is 6.02 Å². The Morgan fingerprint density at radius 2 is 2.20 bits per heavy atom. The van der Waals surface area contributed by atoms with E-state index in [4.69, 9.17) is 9.57 Å². The second kappa shape index (κ2) is 4.68. The molecule has 0 saturated carbocycles. The van der Waals surface area contributed by atoms with Crippen molar-refractivity contribution in [3.8, 4) is 0 Å². The van der Waals surface area contributed by atoms with Gasteiger partial charge in [0.15, 0.2) is 0 Å². The molecule has 80 valence electrons. The second-order valence-electron chi connectivity index (χ2n) is 3.40. The predicted octanol–water partition coefficient (Wildman–Crippen LogP) is 1.44. The minimum atomic E-state index is 0.474. The Morgan fingerprint density at radius 3 is 2.87 bits per heavy atom. The first kappa shape index (κ1) is 9.83. The number of likely N-dealkylation sites (N-methyl/N-ethyl adjacent to an activating group) is 1. The Bertz CT molecular complexity index is 338. The molecule has 0 aliphatic carbocycles. The molecule has 1 saturated heterocycles. The predicted molar refractivity (Wildman–Crippen MR) is 57.2 cm³/mol.